The fourth-order valence-corrected chi connectivity index (χ4v) is 4.74. The van der Waals surface area contributed by atoms with Gasteiger partial charge in [0.25, 0.3) is 0 Å². The molecule has 0 bridgehead atoms. The monoisotopic (exact) mass is 499 g/mol. The number of nitrogens with one attached hydrogen (secondary N) is 1. The van der Waals surface area contributed by atoms with Crippen molar-refractivity contribution < 1.29 is 14.2 Å². The third-order valence-electron chi connectivity index (χ3n) is 6.78. The van der Waals surface area contributed by atoms with Crippen molar-refractivity contribution in [3.63, 3.8) is 0 Å². The van der Waals surface area contributed by atoms with Gasteiger partial charge in [0.2, 0.25) is 0 Å². The summed E-state index contributed by atoms with van der Waals surface area (Å²) in [6.07, 6.45) is 1.08. The number of aromatic amines is 1. The summed E-state index contributed by atoms with van der Waals surface area (Å²) in [5, 5.41) is 6.20. The van der Waals surface area contributed by atoms with E-state index in [2.05, 4.69) is 44.3 Å². The van der Waals surface area contributed by atoms with E-state index < -0.39 is 0 Å². The van der Waals surface area contributed by atoms with E-state index in [1.807, 2.05) is 54.6 Å². The largest absolute Gasteiger partial charge is 0.491 e. The zero-order chi connectivity index (χ0) is 25.0. The van der Waals surface area contributed by atoms with Gasteiger partial charge in [0, 0.05) is 43.1 Å². The van der Waals surface area contributed by atoms with Crippen LogP contribution in [0.2, 0.25) is 0 Å². The van der Waals surface area contributed by atoms with E-state index in [9.17, 15) is 4.79 Å². The van der Waals surface area contributed by atoms with Gasteiger partial charge in [0.1, 0.15) is 24.8 Å². The normalized spacial score (nSPS) is 19.8. The van der Waals surface area contributed by atoms with Crippen molar-refractivity contribution >= 4 is 11.4 Å². The van der Waals surface area contributed by atoms with Gasteiger partial charge in [-0.1, -0.05) is 30.3 Å². The van der Waals surface area contributed by atoms with Gasteiger partial charge in [-0.25, -0.2) is 14.5 Å². The first-order valence-corrected chi connectivity index (χ1v) is 12.5. The van der Waals surface area contributed by atoms with Crippen LogP contribution in [0, 0.1) is 0 Å². The molecule has 9 heteroatoms. The lowest BCUT2D eigenvalue weighted by molar-refractivity contribution is -0.0659. The Morgan fingerprint density at radius 1 is 0.838 bits per heavy atom. The van der Waals surface area contributed by atoms with Crippen LogP contribution in [0.25, 0.3) is 5.69 Å². The summed E-state index contributed by atoms with van der Waals surface area (Å²) >= 11 is 0. The molecule has 1 unspecified atom stereocenters. The van der Waals surface area contributed by atoms with Crippen LogP contribution >= 0.6 is 0 Å². The van der Waals surface area contributed by atoms with Gasteiger partial charge in [0.15, 0.2) is 6.29 Å². The first-order chi connectivity index (χ1) is 18.2. The number of nitrogens with zero attached hydrogens (tertiary/aromatic N) is 4. The Bertz CT molecular complexity index is 1350. The summed E-state index contributed by atoms with van der Waals surface area (Å²) < 4.78 is 19.2. The standard InChI is InChI=1S/C28H29N5O4/c34-28-30-29-20-33(28)24-8-6-22(7-9-24)31-14-16-32(17-15-31)23-10-12-25(13-11-23)35-18-26-19-36-27(37-26)21-4-2-1-3-5-21/h1-13,20,26-27H,14-19H2,(H,30,34)/t26-,27?/m1/s1. The average molecular weight is 500 g/mol. The molecule has 3 heterocycles. The SMILES string of the molecule is O=c1[nH]ncn1-c1ccc(N2CCN(c3ccc(OC[C@@H]4COC(c5ccccc5)O4)cc3)CC2)cc1. The van der Waals surface area contributed by atoms with Crippen LogP contribution in [0.3, 0.4) is 0 Å². The lowest BCUT2D eigenvalue weighted by atomic mass is 10.2. The molecule has 4 aromatic rings. The molecule has 0 aliphatic carbocycles. The van der Waals surface area contributed by atoms with Crippen molar-refractivity contribution in [3.8, 4) is 11.4 Å². The molecule has 2 saturated heterocycles. The Hall–Kier alpha value is -4.08. The van der Waals surface area contributed by atoms with E-state index in [1.54, 1.807) is 0 Å². The Morgan fingerprint density at radius 2 is 1.46 bits per heavy atom. The number of benzene rings is 3. The molecular formula is C28H29N5O4. The van der Waals surface area contributed by atoms with E-state index in [1.165, 1.54) is 16.6 Å². The molecule has 0 amide bonds. The summed E-state index contributed by atoms with van der Waals surface area (Å²) in [6.45, 7) is 4.67. The van der Waals surface area contributed by atoms with Crippen molar-refractivity contribution in [2.24, 2.45) is 0 Å². The number of hydrogen-bond acceptors (Lipinski definition) is 7. The second-order valence-corrected chi connectivity index (χ2v) is 9.16. The van der Waals surface area contributed by atoms with Gasteiger partial charge in [0.05, 0.1) is 12.3 Å². The van der Waals surface area contributed by atoms with Crippen molar-refractivity contribution in [2.45, 2.75) is 12.4 Å². The first-order valence-electron chi connectivity index (χ1n) is 12.5. The predicted molar refractivity (Wildman–Crippen MR) is 141 cm³/mol. The zero-order valence-corrected chi connectivity index (χ0v) is 20.4. The van der Waals surface area contributed by atoms with Crippen molar-refractivity contribution in [2.75, 3.05) is 49.2 Å². The first kappa shape index (κ1) is 23.3. The number of anilines is 2. The number of aromatic nitrogens is 3. The number of piperazine rings is 1. The van der Waals surface area contributed by atoms with Crippen molar-refractivity contribution in [1.29, 1.82) is 0 Å². The number of rotatable bonds is 7. The van der Waals surface area contributed by atoms with Crippen LogP contribution in [0.4, 0.5) is 11.4 Å². The number of hydrogen-bond donors (Lipinski definition) is 1. The van der Waals surface area contributed by atoms with Crippen LogP contribution in [0.1, 0.15) is 11.9 Å². The molecule has 2 fully saturated rings. The zero-order valence-electron chi connectivity index (χ0n) is 20.4. The van der Waals surface area contributed by atoms with Gasteiger partial charge in [-0.3, -0.25) is 0 Å². The molecule has 6 rings (SSSR count). The van der Waals surface area contributed by atoms with Crippen LogP contribution < -0.4 is 20.2 Å². The molecule has 0 saturated carbocycles. The van der Waals surface area contributed by atoms with Crippen LogP contribution in [-0.4, -0.2) is 60.3 Å². The van der Waals surface area contributed by atoms with Crippen LogP contribution in [-0.2, 0) is 9.47 Å². The molecule has 2 aliphatic heterocycles. The average Bonchev–Trinajstić information content (AvgIpc) is 3.62. The molecule has 37 heavy (non-hydrogen) atoms. The maximum Gasteiger partial charge on any atom is 0.347 e. The van der Waals surface area contributed by atoms with E-state index in [4.69, 9.17) is 14.2 Å². The van der Waals surface area contributed by atoms with E-state index in [0.717, 1.165) is 48.9 Å². The van der Waals surface area contributed by atoms with Gasteiger partial charge in [-0.05, 0) is 48.5 Å². The molecule has 1 N–H and O–H groups in total. The molecular weight excluding hydrogens is 470 g/mol. The molecule has 190 valence electrons. The third-order valence-corrected chi connectivity index (χ3v) is 6.78. The van der Waals surface area contributed by atoms with E-state index in [-0.39, 0.29) is 18.1 Å². The quantitative estimate of drug-likeness (QED) is 0.417. The Kier molecular flexibility index (Phi) is 6.62. The lowest BCUT2D eigenvalue weighted by Gasteiger charge is -2.37. The van der Waals surface area contributed by atoms with Crippen LogP contribution in [0.15, 0.2) is 90.0 Å². The molecule has 1 aromatic heterocycles. The number of H-pyrrole nitrogens is 1. The highest BCUT2D eigenvalue weighted by atomic mass is 16.7. The molecule has 0 radical (unpaired) electrons. The summed E-state index contributed by atoms with van der Waals surface area (Å²) in [5.74, 6) is 0.825. The van der Waals surface area contributed by atoms with Crippen LogP contribution in [0.5, 0.6) is 5.75 Å². The van der Waals surface area contributed by atoms with Crippen molar-refractivity contribution in [1.82, 2.24) is 14.8 Å². The minimum Gasteiger partial charge on any atom is -0.491 e. The van der Waals surface area contributed by atoms with Gasteiger partial charge in [-0.15, -0.1) is 0 Å². The third kappa shape index (κ3) is 5.23. The maximum atomic E-state index is 11.8. The Balaban J connectivity index is 0.981. The highest BCUT2D eigenvalue weighted by Gasteiger charge is 2.27. The Labute approximate surface area is 214 Å². The van der Waals surface area contributed by atoms with Gasteiger partial charge in [-0.2, -0.15) is 5.10 Å². The second-order valence-electron chi connectivity index (χ2n) is 9.16. The fraction of sp³-hybridized carbons (Fsp3) is 0.286. The lowest BCUT2D eigenvalue weighted by Crippen LogP contribution is -2.46. The molecule has 2 atom stereocenters. The topological polar surface area (TPSA) is 84.9 Å². The summed E-state index contributed by atoms with van der Waals surface area (Å²) in [5.41, 5.74) is 3.92. The summed E-state index contributed by atoms with van der Waals surface area (Å²) in [4.78, 5) is 16.5. The smallest absolute Gasteiger partial charge is 0.347 e. The molecule has 0 spiro atoms. The summed E-state index contributed by atoms with van der Waals surface area (Å²) in [6, 6.07) is 26.2. The highest BCUT2D eigenvalue weighted by Crippen LogP contribution is 2.28. The molecule has 2 aliphatic rings. The number of ether oxygens (including phenoxy) is 3. The fourth-order valence-electron chi connectivity index (χ4n) is 4.74. The van der Waals surface area contributed by atoms with E-state index in [0.29, 0.717) is 13.2 Å². The molecule has 3 aromatic carbocycles. The van der Waals surface area contributed by atoms with E-state index >= 15 is 0 Å². The summed E-state index contributed by atoms with van der Waals surface area (Å²) in [7, 11) is 0. The maximum absolute atomic E-state index is 11.8. The second kappa shape index (κ2) is 10.5. The predicted octanol–water partition coefficient (Wildman–Crippen LogP) is 3.38. The van der Waals surface area contributed by atoms with Gasteiger partial charge >= 0.3 is 5.69 Å². The minimum atomic E-state index is -0.324. The minimum absolute atomic E-state index is 0.0901. The van der Waals surface area contributed by atoms with Gasteiger partial charge < -0.3 is 24.0 Å². The Morgan fingerprint density at radius 3 is 2.08 bits per heavy atom. The molecule has 9 nitrogen and oxygen atoms in total. The van der Waals surface area contributed by atoms with Crippen molar-refractivity contribution in [3.05, 3.63) is 101 Å². The highest BCUT2D eigenvalue weighted by molar-refractivity contribution is 5.54.